The first-order chi connectivity index (χ1) is 8.40. The number of allylic oxidation sites excluding steroid dienone is 1. The molecule has 0 aliphatic rings. The van der Waals surface area contributed by atoms with Crippen LogP contribution in [0.25, 0.3) is 0 Å². The largest absolute Gasteiger partial charge is 0.427 e. The summed E-state index contributed by atoms with van der Waals surface area (Å²) in [5.41, 5.74) is 0.420. The molecule has 0 fully saturated rings. The summed E-state index contributed by atoms with van der Waals surface area (Å²) in [6, 6.07) is 6.10. The summed E-state index contributed by atoms with van der Waals surface area (Å²) in [5.74, 6) is 0.0295. The summed E-state index contributed by atoms with van der Waals surface area (Å²) < 4.78 is 29.3. The van der Waals surface area contributed by atoms with Gasteiger partial charge in [-0.2, -0.15) is 0 Å². The predicted octanol–water partition coefficient (Wildman–Crippen LogP) is 1.93. The summed E-state index contributed by atoms with van der Waals surface area (Å²) in [5, 5.41) is 0. The van der Waals surface area contributed by atoms with Crippen LogP contribution in [0.2, 0.25) is 0 Å². The summed E-state index contributed by atoms with van der Waals surface area (Å²) in [4.78, 5) is 11.3. The van der Waals surface area contributed by atoms with Crippen LogP contribution in [0.1, 0.15) is 12.8 Å². The Balaban J connectivity index is 2.60. The Labute approximate surface area is 107 Å². The van der Waals surface area contributed by atoms with Gasteiger partial charge in [0.25, 0.3) is 0 Å². The molecule has 1 aromatic rings. The summed E-state index contributed by atoms with van der Waals surface area (Å²) in [6.45, 7) is 3.51. The van der Waals surface area contributed by atoms with Crippen molar-refractivity contribution >= 4 is 21.7 Å². The van der Waals surface area contributed by atoms with Crippen LogP contribution in [-0.2, 0) is 14.8 Å². The van der Waals surface area contributed by atoms with E-state index < -0.39 is 10.0 Å². The van der Waals surface area contributed by atoms with Gasteiger partial charge < -0.3 is 4.74 Å². The fraction of sp³-hybridized carbons (Fsp3) is 0.250. The highest BCUT2D eigenvalue weighted by atomic mass is 32.2. The normalized spacial score (nSPS) is 10.7. The molecule has 0 atom stereocenters. The van der Waals surface area contributed by atoms with Crippen molar-refractivity contribution < 1.29 is 17.9 Å². The van der Waals surface area contributed by atoms with Crippen LogP contribution < -0.4 is 9.46 Å². The molecule has 0 spiro atoms. The molecule has 0 amide bonds. The van der Waals surface area contributed by atoms with Crippen molar-refractivity contribution in [2.75, 3.05) is 11.0 Å². The van der Waals surface area contributed by atoms with Crippen LogP contribution in [0.4, 0.5) is 5.69 Å². The molecular formula is C12H15NO4S. The van der Waals surface area contributed by atoms with E-state index in [4.69, 9.17) is 4.74 Å². The molecule has 0 saturated heterocycles. The van der Waals surface area contributed by atoms with Gasteiger partial charge in [0.1, 0.15) is 5.75 Å². The van der Waals surface area contributed by atoms with Crippen molar-refractivity contribution in [1.29, 1.82) is 0 Å². The highest BCUT2D eigenvalue weighted by Gasteiger charge is 2.05. The van der Waals surface area contributed by atoms with Crippen LogP contribution in [0, 0.1) is 0 Å². The standard InChI is InChI=1S/C12H15NO4S/c1-3-4-5-12(14)17-11-8-6-10(7-9-11)13-18(2,15)16/h3,6-9,13H,1,4-5H2,2H3. The monoisotopic (exact) mass is 269 g/mol. The van der Waals surface area contributed by atoms with Gasteiger partial charge in [0.2, 0.25) is 10.0 Å². The van der Waals surface area contributed by atoms with E-state index in [0.29, 0.717) is 17.9 Å². The number of esters is 1. The zero-order valence-corrected chi connectivity index (χ0v) is 10.9. The van der Waals surface area contributed by atoms with Crippen molar-refractivity contribution in [1.82, 2.24) is 0 Å². The number of carbonyl (C=O) groups is 1. The fourth-order valence-electron chi connectivity index (χ4n) is 1.21. The molecule has 1 aromatic carbocycles. The van der Waals surface area contributed by atoms with Crippen LogP contribution in [0.5, 0.6) is 5.75 Å². The molecule has 0 bridgehead atoms. The molecule has 5 nitrogen and oxygen atoms in total. The number of sulfonamides is 1. The zero-order chi connectivity index (χ0) is 13.6. The topological polar surface area (TPSA) is 72.5 Å². The Morgan fingerprint density at radius 1 is 1.39 bits per heavy atom. The van der Waals surface area contributed by atoms with E-state index in [1.54, 1.807) is 6.08 Å². The number of benzene rings is 1. The van der Waals surface area contributed by atoms with Crippen LogP contribution in [0.15, 0.2) is 36.9 Å². The first-order valence-corrected chi connectivity index (χ1v) is 7.19. The highest BCUT2D eigenvalue weighted by Crippen LogP contribution is 2.17. The number of carbonyl (C=O) groups excluding carboxylic acids is 1. The second-order valence-corrected chi connectivity index (χ2v) is 5.45. The van der Waals surface area contributed by atoms with Crippen LogP contribution in [-0.4, -0.2) is 20.6 Å². The van der Waals surface area contributed by atoms with E-state index in [9.17, 15) is 13.2 Å². The molecule has 98 valence electrons. The minimum Gasteiger partial charge on any atom is -0.427 e. The van der Waals surface area contributed by atoms with E-state index in [-0.39, 0.29) is 12.4 Å². The first-order valence-electron chi connectivity index (χ1n) is 5.30. The molecule has 1 N–H and O–H groups in total. The Morgan fingerprint density at radius 3 is 2.50 bits per heavy atom. The lowest BCUT2D eigenvalue weighted by molar-refractivity contribution is -0.134. The molecule has 18 heavy (non-hydrogen) atoms. The van der Waals surface area contributed by atoms with E-state index in [0.717, 1.165) is 6.26 Å². The van der Waals surface area contributed by atoms with Gasteiger partial charge in [0.15, 0.2) is 0 Å². The van der Waals surface area contributed by atoms with Gasteiger partial charge in [-0.25, -0.2) is 8.42 Å². The van der Waals surface area contributed by atoms with Gasteiger partial charge in [-0.3, -0.25) is 9.52 Å². The van der Waals surface area contributed by atoms with Gasteiger partial charge >= 0.3 is 5.97 Å². The molecule has 0 aromatic heterocycles. The maximum absolute atomic E-state index is 11.3. The maximum Gasteiger partial charge on any atom is 0.311 e. The second kappa shape index (κ2) is 6.20. The summed E-state index contributed by atoms with van der Waals surface area (Å²) in [7, 11) is -3.29. The Kier molecular flexibility index (Phi) is 4.91. The number of anilines is 1. The van der Waals surface area contributed by atoms with E-state index in [1.807, 2.05) is 0 Å². The third-order valence-electron chi connectivity index (χ3n) is 1.94. The molecule has 6 heteroatoms. The lowest BCUT2D eigenvalue weighted by Gasteiger charge is -2.06. The van der Waals surface area contributed by atoms with E-state index in [2.05, 4.69) is 11.3 Å². The Bertz CT molecular complexity index is 520. The van der Waals surface area contributed by atoms with E-state index >= 15 is 0 Å². The van der Waals surface area contributed by atoms with Gasteiger partial charge in [0.05, 0.1) is 6.26 Å². The van der Waals surface area contributed by atoms with Crippen molar-refractivity contribution in [2.45, 2.75) is 12.8 Å². The number of rotatable bonds is 6. The Hall–Kier alpha value is -1.82. The number of hydrogen-bond acceptors (Lipinski definition) is 4. The molecule has 0 radical (unpaired) electrons. The van der Waals surface area contributed by atoms with Gasteiger partial charge in [-0.05, 0) is 30.7 Å². The molecular weight excluding hydrogens is 254 g/mol. The molecule has 0 aliphatic heterocycles. The van der Waals surface area contributed by atoms with Gasteiger partial charge in [-0.15, -0.1) is 6.58 Å². The van der Waals surface area contributed by atoms with Crippen molar-refractivity contribution in [3.05, 3.63) is 36.9 Å². The molecule has 0 heterocycles. The van der Waals surface area contributed by atoms with E-state index in [1.165, 1.54) is 24.3 Å². The lowest BCUT2D eigenvalue weighted by atomic mass is 10.3. The molecule has 1 rings (SSSR count). The summed E-state index contributed by atoms with van der Waals surface area (Å²) in [6.07, 6.45) is 3.54. The minimum absolute atomic E-state index is 0.271. The number of nitrogens with one attached hydrogen (secondary N) is 1. The SMILES string of the molecule is C=CCCC(=O)Oc1ccc(NS(C)(=O)=O)cc1. The smallest absolute Gasteiger partial charge is 0.311 e. The highest BCUT2D eigenvalue weighted by molar-refractivity contribution is 7.92. The van der Waals surface area contributed by atoms with Crippen LogP contribution in [0.3, 0.4) is 0 Å². The molecule has 0 aliphatic carbocycles. The third-order valence-corrected chi connectivity index (χ3v) is 2.55. The first kappa shape index (κ1) is 14.2. The molecule has 0 saturated carbocycles. The predicted molar refractivity (Wildman–Crippen MR) is 70.0 cm³/mol. The minimum atomic E-state index is -3.29. The van der Waals surface area contributed by atoms with Crippen molar-refractivity contribution in [3.8, 4) is 5.75 Å². The average Bonchev–Trinajstić information content (AvgIpc) is 2.27. The number of hydrogen-bond donors (Lipinski definition) is 1. The Morgan fingerprint density at radius 2 is 2.00 bits per heavy atom. The zero-order valence-electron chi connectivity index (χ0n) is 10.0. The van der Waals surface area contributed by atoms with Gasteiger partial charge in [-0.1, -0.05) is 6.08 Å². The van der Waals surface area contributed by atoms with Crippen LogP contribution >= 0.6 is 0 Å². The van der Waals surface area contributed by atoms with Crippen molar-refractivity contribution in [3.63, 3.8) is 0 Å². The second-order valence-electron chi connectivity index (χ2n) is 3.70. The average molecular weight is 269 g/mol. The fourth-order valence-corrected chi connectivity index (χ4v) is 1.77. The third kappa shape index (κ3) is 5.49. The quantitative estimate of drug-likeness (QED) is 0.486. The van der Waals surface area contributed by atoms with Gasteiger partial charge in [0, 0.05) is 12.1 Å². The summed E-state index contributed by atoms with van der Waals surface area (Å²) >= 11 is 0. The maximum atomic E-state index is 11.3. The number of ether oxygens (including phenoxy) is 1. The lowest BCUT2D eigenvalue weighted by Crippen LogP contribution is -2.10. The van der Waals surface area contributed by atoms with Crippen molar-refractivity contribution in [2.24, 2.45) is 0 Å². The molecule has 0 unspecified atom stereocenters.